The summed E-state index contributed by atoms with van der Waals surface area (Å²) in [5, 5.41) is 15.9. The molecule has 1 aliphatic rings. The molecule has 1 aliphatic heterocycles. The van der Waals surface area contributed by atoms with Crippen molar-refractivity contribution in [1.29, 1.82) is 0 Å². The van der Waals surface area contributed by atoms with Crippen molar-refractivity contribution in [3.8, 4) is 0 Å². The summed E-state index contributed by atoms with van der Waals surface area (Å²) in [7, 11) is 0. The van der Waals surface area contributed by atoms with Gasteiger partial charge in [-0.3, -0.25) is 25.0 Å². The maximum absolute atomic E-state index is 11.8. The minimum Gasteiger partial charge on any atom is -0.454 e. The van der Waals surface area contributed by atoms with Crippen LogP contribution in [0.15, 0.2) is 18.2 Å². The summed E-state index contributed by atoms with van der Waals surface area (Å²) in [4.78, 5) is 48.9. The highest BCUT2D eigenvalue weighted by molar-refractivity contribution is 7.22. The number of carbonyl (C=O) groups excluding carboxylic acids is 3. The van der Waals surface area contributed by atoms with E-state index >= 15 is 0 Å². The van der Waals surface area contributed by atoms with Crippen molar-refractivity contribution in [3.05, 3.63) is 28.3 Å². The Morgan fingerprint density at radius 3 is 2.96 bits per heavy atom. The van der Waals surface area contributed by atoms with Crippen molar-refractivity contribution in [1.82, 2.24) is 10.3 Å². The lowest BCUT2D eigenvalue weighted by Crippen LogP contribution is -2.36. The fourth-order valence-electron chi connectivity index (χ4n) is 2.26. The molecule has 2 N–H and O–H groups in total. The van der Waals surface area contributed by atoms with E-state index in [4.69, 9.17) is 4.74 Å². The number of nitro benzene ring substituents is 1. The van der Waals surface area contributed by atoms with E-state index in [1.54, 1.807) is 0 Å². The third kappa shape index (κ3) is 3.88. The molecule has 1 saturated heterocycles. The number of benzene rings is 1. The average molecular weight is 364 g/mol. The number of amides is 2. The summed E-state index contributed by atoms with van der Waals surface area (Å²) >= 11 is 1.07. The Kier molecular flexibility index (Phi) is 4.57. The lowest BCUT2D eigenvalue weighted by atomic mass is 10.2. The molecule has 25 heavy (non-hydrogen) atoms. The number of fused-ring (bicyclic) bond motifs is 1. The number of hydrogen-bond acceptors (Lipinski definition) is 8. The topological polar surface area (TPSA) is 141 Å². The standard InChI is InChI=1S/C14H12N4O6S/c19-11-4-3-9(15-11)13(21)24-6-12(20)17-14-16-8-2-1-7(18(22)23)5-10(8)25-14/h1-2,5,9H,3-4,6H2,(H,15,19)(H,16,17,20). The second-order valence-electron chi connectivity index (χ2n) is 5.24. The van der Waals surface area contributed by atoms with Crippen molar-refractivity contribution >= 4 is 50.2 Å². The van der Waals surface area contributed by atoms with Gasteiger partial charge in [0.05, 0.1) is 15.1 Å². The molecule has 1 aromatic heterocycles. The number of nitrogens with zero attached hydrogens (tertiary/aromatic N) is 2. The minimum absolute atomic E-state index is 0.0680. The van der Waals surface area contributed by atoms with Gasteiger partial charge in [-0.25, -0.2) is 9.78 Å². The molecule has 1 aromatic carbocycles. The maximum Gasteiger partial charge on any atom is 0.329 e. The maximum atomic E-state index is 11.8. The molecular formula is C14H12N4O6S. The Hall–Kier alpha value is -3.08. The highest BCUT2D eigenvalue weighted by atomic mass is 32.1. The molecule has 0 spiro atoms. The third-order valence-electron chi connectivity index (χ3n) is 3.45. The molecule has 11 heteroatoms. The van der Waals surface area contributed by atoms with Crippen molar-refractivity contribution in [2.24, 2.45) is 0 Å². The van der Waals surface area contributed by atoms with Crippen LogP contribution in [0.4, 0.5) is 10.8 Å². The van der Waals surface area contributed by atoms with Crippen molar-refractivity contribution in [3.63, 3.8) is 0 Å². The van der Waals surface area contributed by atoms with E-state index in [-0.39, 0.29) is 23.1 Å². The Balaban J connectivity index is 1.57. The molecule has 2 heterocycles. The summed E-state index contributed by atoms with van der Waals surface area (Å²) in [6, 6.07) is 3.46. The van der Waals surface area contributed by atoms with Crippen LogP contribution in [0.3, 0.4) is 0 Å². The molecule has 1 atom stereocenters. The number of nitro groups is 1. The largest absolute Gasteiger partial charge is 0.454 e. The second kappa shape index (κ2) is 6.81. The van der Waals surface area contributed by atoms with E-state index in [9.17, 15) is 24.5 Å². The molecule has 130 valence electrons. The van der Waals surface area contributed by atoms with Crippen LogP contribution in [-0.4, -0.2) is 40.3 Å². The first kappa shape index (κ1) is 16.8. The molecule has 10 nitrogen and oxygen atoms in total. The molecule has 2 amide bonds. The summed E-state index contributed by atoms with van der Waals surface area (Å²) < 4.78 is 5.41. The zero-order valence-corrected chi connectivity index (χ0v) is 13.5. The van der Waals surface area contributed by atoms with Gasteiger partial charge in [0.1, 0.15) is 6.04 Å². The molecule has 1 fully saturated rings. The van der Waals surface area contributed by atoms with Gasteiger partial charge in [0, 0.05) is 18.6 Å². The number of rotatable bonds is 5. The van der Waals surface area contributed by atoms with Gasteiger partial charge in [0.2, 0.25) is 5.91 Å². The molecular weight excluding hydrogens is 352 g/mol. The summed E-state index contributed by atoms with van der Waals surface area (Å²) in [6.07, 6.45) is 0.597. The van der Waals surface area contributed by atoms with Crippen LogP contribution in [0, 0.1) is 10.1 Å². The SMILES string of the molecule is O=C(COC(=O)C1CCC(=O)N1)Nc1nc2ccc([N+](=O)[O-])cc2s1. The van der Waals surface area contributed by atoms with Gasteiger partial charge in [0.15, 0.2) is 11.7 Å². The number of aromatic nitrogens is 1. The van der Waals surface area contributed by atoms with E-state index < -0.39 is 29.4 Å². The summed E-state index contributed by atoms with van der Waals surface area (Å²) in [5.41, 5.74) is 0.443. The van der Waals surface area contributed by atoms with Gasteiger partial charge >= 0.3 is 5.97 Å². The first-order valence-corrected chi connectivity index (χ1v) is 8.05. The van der Waals surface area contributed by atoms with Gasteiger partial charge in [-0.15, -0.1) is 0 Å². The number of anilines is 1. The van der Waals surface area contributed by atoms with Gasteiger partial charge in [-0.2, -0.15) is 0 Å². The number of thiazole rings is 1. The predicted octanol–water partition coefficient (Wildman–Crippen LogP) is 0.965. The molecule has 0 radical (unpaired) electrons. The molecule has 0 bridgehead atoms. The van der Waals surface area contributed by atoms with E-state index in [0.717, 1.165) is 11.3 Å². The molecule has 3 rings (SSSR count). The zero-order valence-electron chi connectivity index (χ0n) is 12.7. The summed E-state index contributed by atoms with van der Waals surface area (Å²) in [5.74, 6) is -1.48. The van der Waals surface area contributed by atoms with Crippen LogP contribution < -0.4 is 10.6 Å². The highest BCUT2D eigenvalue weighted by Crippen LogP contribution is 2.29. The lowest BCUT2D eigenvalue weighted by molar-refractivity contribution is -0.384. The van der Waals surface area contributed by atoms with Gasteiger partial charge in [-0.05, 0) is 12.5 Å². The zero-order chi connectivity index (χ0) is 18.0. The number of ether oxygens (including phenoxy) is 1. The van der Waals surface area contributed by atoms with Crippen LogP contribution >= 0.6 is 11.3 Å². The monoisotopic (exact) mass is 364 g/mol. The number of hydrogen-bond donors (Lipinski definition) is 2. The first-order valence-electron chi connectivity index (χ1n) is 7.23. The number of nitrogens with one attached hydrogen (secondary N) is 2. The first-order chi connectivity index (χ1) is 11.9. The molecule has 2 aromatic rings. The highest BCUT2D eigenvalue weighted by Gasteiger charge is 2.28. The van der Waals surface area contributed by atoms with E-state index in [0.29, 0.717) is 16.6 Å². The van der Waals surface area contributed by atoms with Crippen molar-refractivity contribution in [2.75, 3.05) is 11.9 Å². The third-order valence-corrected chi connectivity index (χ3v) is 4.39. The number of non-ortho nitro benzene ring substituents is 1. The van der Waals surface area contributed by atoms with Crippen molar-refractivity contribution in [2.45, 2.75) is 18.9 Å². The van der Waals surface area contributed by atoms with E-state index in [1.807, 2.05) is 0 Å². The smallest absolute Gasteiger partial charge is 0.329 e. The van der Waals surface area contributed by atoms with Gasteiger partial charge in [-0.1, -0.05) is 11.3 Å². The van der Waals surface area contributed by atoms with Crippen LogP contribution in [0.1, 0.15) is 12.8 Å². The fourth-order valence-corrected chi connectivity index (χ4v) is 3.18. The van der Waals surface area contributed by atoms with E-state index in [1.165, 1.54) is 18.2 Å². The quantitative estimate of drug-likeness (QED) is 0.457. The average Bonchev–Trinajstić information content (AvgIpc) is 3.17. The Morgan fingerprint density at radius 1 is 1.48 bits per heavy atom. The van der Waals surface area contributed by atoms with Crippen molar-refractivity contribution < 1.29 is 24.0 Å². The van der Waals surface area contributed by atoms with Crippen LogP contribution in [-0.2, 0) is 19.1 Å². The van der Waals surface area contributed by atoms with Crippen LogP contribution in [0.2, 0.25) is 0 Å². The van der Waals surface area contributed by atoms with Crippen LogP contribution in [0.5, 0.6) is 0 Å². The van der Waals surface area contributed by atoms with Gasteiger partial charge in [0.25, 0.3) is 11.6 Å². The molecule has 0 aliphatic carbocycles. The normalized spacial score (nSPS) is 16.5. The van der Waals surface area contributed by atoms with Crippen LogP contribution in [0.25, 0.3) is 10.2 Å². The lowest BCUT2D eigenvalue weighted by Gasteiger charge is -2.09. The fraction of sp³-hybridized carbons (Fsp3) is 0.286. The van der Waals surface area contributed by atoms with E-state index in [2.05, 4.69) is 15.6 Å². The Morgan fingerprint density at radius 2 is 2.28 bits per heavy atom. The predicted molar refractivity (Wildman–Crippen MR) is 87.0 cm³/mol. The van der Waals surface area contributed by atoms with Gasteiger partial charge < -0.3 is 10.1 Å². The minimum atomic E-state index is -0.719. The molecule has 1 unspecified atom stereocenters. The summed E-state index contributed by atoms with van der Waals surface area (Å²) in [6.45, 7) is -0.513. The Bertz CT molecular complexity index is 879. The second-order valence-corrected chi connectivity index (χ2v) is 6.27. The number of carbonyl (C=O) groups is 3. The molecule has 0 saturated carbocycles. The Labute approximate surface area is 144 Å². The number of esters is 1.